The van der Waals surface area contributed by atoms with Crippen LogP contribution in [0, 0.1) is 11.3 Å². The molecule has 1 amide bonds. The largest absolute Gasteiger partial charge is 0.378 e. The van der Waals surface area contributed by atoms with E-state index in [0.29, 0.717) is 29.2 Å². The fourth-order valence-electron chi connectivity index (χ4n) is 1.88. The highest BCUT2D eigenvalue weighted by Gasteiger charge is 2.29. The van der Waals surface area contributed by atoms with E-state index in [1.165, 1.54) is 0 Å². The molecule has 0 fully saturated rings. The molecule has 0 spiro atoms. The summed E-state index contributed by atoms with van der Waals surface area (Å²) in [6.07, 6.45) is -0.769. The molecule has 18 heavy (non-hydrogen) atoms. The fourth-order valence-corrected chi connectivity index (χ4v) is 2.20. The molecule has 1 heterocycles. The van der Waals surface area contributed by atoms with E-state index in [-0.39, 0.29) is 0 Å². The maximum Gasteiger partial charge on any atom is 0.257 e. The average molecular weight is 266 g/mol. The van der Waals surface area contributed by atoms with Crippen LogP contribution in [0.1, 0.15) is 18.1 Å². The topological polar surface area (TPSA) is 76.4 Å². The van der Waals surface area contributed by atoms with Crippen molar-refractivity contribution in [2.24, 2.45) is 0 Å². The summed E-state index contributed by atoms with van der Waals surface area (Å²) in [5, 5.41) is 21.2. The van der Waals surface area contributed by atoms with Crippen LogP contribution in [0.25, 0.3) is 0 Å². The van der Waals surface area contributed by atoms with Crippen LogP contribution in [0.3, 0.4) is 0 Å². The van der Waals surface area contributed by atoms with Crippen molar-refractivity contribution < 1.29 is 9.90 Å². The molecule has 1 aromatic carbocycles. The highest BCUT2D eigenvalue weighted by atomic mass is 35.5. The van der Waals surface area contributed by atoms with Crippen LogP contribution < -0.4 is 10.2 Å². The number of halogens is 1. The van der Waals surface area contributed by atoms with Gasteiger partial charge in [0.05, 0.1) is 23.2 Å². The Morgan fingerprint density at radius 2 is 2.33 bits per heavy atom. The van der Waals surface area contributed by atoms with E-state index < -0.39 is 12.0 Å². The lowest BCUT2D eigenvalue weighted by Crippen LogP contribution is -2.18. The van der Waals surface area contributed by atoms with Crippen molar-refractivity contribution in [3.8, 4) is 6.07 Å². The molecule has 1 aromatic rings. The normalized spacial score (nSPS) is 17.0. The van der Waals surface area contributed by atoms with Crippen molar-refractivity contribution >= 4 is 28.9 Å². The Kier molecular flexibility index (Phi) is 3.41. The van der Waals surface area contributed by atoms with Crippen molar-refractivity contribution in [2.75, 3.05) is 23.8 Å². The van der Waals surface area contributed by atoms with Gasteiger partial charge in [0.15, 0.2) is 6.10 Å². The van der Waals surface area contributed by atoms with Crippen molar-refractivity contribution in [3.63, 3.8) is 0 Å². The van der Waals surface area contributed by atoms with Gasteiger partial charge in [-0.1, -0.05) is 11.6 Å². The first-order valence-corrected chi connectivity index (χ1v) is 5.83. The van der Waals surface area contributed by atoms with E-state index >= 15 is 0 Å². The van der Waals surface area contributed by atoms with E-state index in [1.54, 1.807) is 12.1 Å². The van der Waals surface area contributed by atoms with Crippen LogP contribution in [0.2, 0.25) is 5.02 Å². The first-order chi connectivity index (χ1) is 8.54. The van der Waals surface area contributed by atoms with Gasteiger partial charge in [-0.25, -0.2) is 0 Å². The van der Waals surface area contributed by atoms with Gasteiger partial charge in [0, 0.05) is 24.8 Å². The molecule has 5 nitrogen and oxygen atoms in total. The summed E-state index contributed by atoms with van der Waals surface area (Å²) in [5.74, 6) is -0.446. The van der Waals surface area contributed by atoms with Gasteiger partial charge in [0.1, 0.15) is 0 Å². The Hall–Kier alpha value is -1.77. The number of amides is 1. The van der Waals surface area contributed by atoms with Crippen LogP contribution in [0.5, 0.6) is 0 Å². The predicted octanol–water partition coefficient (Wildman–Crippen LogP) is 1.68. The first kappa shape index (κ1) is 12.7. The van der Waals surface area contributed by atoms with Crippen LogP contribution in [-0.4, -0.2) is 24.6 Å². The number of aliphatic hydroxyl groups excluding tert-OH is 1. The van der Waals surface area contributed by atoms with Crippen molar-refractivity contribution in [2.45, 2.75) is 12.5 Å². The maximum atomic E-state index is 11.3. The van der Waals surface area contributed by atoms with E-state index in [4.69, 9.17) is 16.9 Å². The number of carbonyl (C=O) groups excluding carboxylic acids is 1. The second-order valence-electron chi connectivity index (χ2n) is 4.11. The average Bonchev–Trinajstić information content (AvgIpc) is 2.62. The Balaban J connectivity index is 2.33. The van der Waals surface area contributed by atoms with E-state index in [2.05, 4.69) is 11.4 Å². The zero-order valence-electron chi connectivity index (χ0n) is 9.77. The van der Waals surface area contributed by atoms with Crippen LogP contribution in [-0.2, 0) is 4.79 Å². The standard InChI is InChI=1S/C12H12ClN3O2/c1-16(4-2-3-14)10-6-9-7(5-8(10)13)11(17)12(18)15-9/h5-6,11,17H,2,4H2,1H3,(H,15,18). The van der Waals surface area contributed by atoms with Gasteiger partial charge in [0.25, 0.3) is 5.91 Å². The van der Waals surface area contributed by atoms with Gasteiger partial charge < -0.3 is 15.3 Å². The van der Waals surface area contributed by atoms with Gasteiger partial charge >= 0.3 is 0 Å². The third kappa shape index (κ3) is 2.13. The smallest absolute Gasteiger partial charge is 0.257 e. The fraction of sp³-hybridized carbons (Fsp3) is 0.333. The molecule has 94 valence electrons. The second-order valence-corrected chi connectivity index (χ2v) is 4.52. The minimum Gasteiger partial charge on any atom is -0.378 e. The van der Waals surface area contributed by atoms with Gasteiger partial charge in [0.2, 0.25) is 0 Å². The molecule has 2 rings (SSSR count). The molecule has 0 saturated heterocycles. The van der Waals surface area contributed by atoms with Gasteiger partial charge in [-0.3, -0.25) is 4.79 Å². The van der Waals surface area contributed by atoms with Gasteiger partial charge in [-0.05, 0) is 12.1 Å². The zero-order valence-corrected chi connectivity index (χ0v) is 10.5. The lowest BCUT2D eigenvalue weighted by molar-refractivity contribution is -0.123. The molecule has 0 aromatic heterocycles. The van der Waals surface area contributed by atoms with Crippen molar-refractivity contribution in [3.05, 3.63) is 22.7 Å². The minimum absolute atomic E-state index is 0.388. The number of anilines is 2. The summed E-state index contributed by atoms with van der Waals surface area (Å²) in [6.45, 7) is 0.547. The van der Waals surface area contributed by atoms with Crippen molar-refractivity contribution in [1.82, 2.24) is 0 Å². The molecule has 1 unspecified atom stereocenters. The van der Waals surface area contributed by atoms with Crippen LogP contribution in [0.4, 0.5) is 11.4 Å². The SMILES string of the molecule is CN(CCC#N)c1cc2c(cc1Cl)C(O)C(=O)N2. The number of carbonyl (C=O) groups is 1. The van der Waals surface area contributed by atoms with Crippen LogP contribution in [0.15, 0.2) is 12.1 Å². The Bertz CT molecular complexity index is 539. The molecule has 1 atom stereocenters. The summed E-state index contributed by atoms with van der Waals surface area (Å²) >= 11 is 6.12. The molecular weight excluding hydrogens is 254 g/mol. The Labute approximate surface area is 110 Å². The molecule has 0 bridgehead atoms. The molecular formula is C12H12ClN3O2. The lowest BCUT2D eigenvalue weighted by atomic mass is 10.1. The summed E-state index contributed by atoms with van der Waals surface area (Å²) < 4.78 is 0. The first-order valence-electron chi connectivity index (χ1n) is 5.45. The van der Waals surface area contributed by atoms with Crippen LogP contribution >= 0.6 is 11.6 Å². The number of benzene rings is 1. The molecule has 0 radical (unpaired) electrons. The number of hydrogen-bond acceptors (Lipinski definition) is 4. The number of nitriles is 1. The molecule has 6 heteroatoms. The summed E-state index contributed by atoms with van der Waals surface area (Å²) in [5.41, 5.74) is 1.78. The third-order valence-corrected chi connectivity index (χ3v) is 3.19. The molecule has 1 aliphatic heterocycles. The van der Waals surface area contributed by atoms with E-state index in [1.807, 2.05) is 11.9 Å². The maximum absolute atomic E-state index is 11.3. The number of fused-ring (bicyclic) bond motifs is 1. The highest BCUT2D eigenvalue weighted by molar-refractivity contribution is 6.33. The molecule has 0 aliphatic carbocycles. The summed E-state index contributed by atoms with van der Waals surface area (Å²) in [4.78, 5) is 13.2. The number of aliphatic hydroxyl groups is 1. The number of nitrogens with one attached hydrogen (secondary N) is 1. The number of nitrogens with zero attached hydrogens (tertiary/aromatic N) is 2. The predicted molar refractivity (Wildman–Crippen MR) is 68.5 cm³/mol. The molecule has 0 saturated carbocycles. The Morgan fingerprint density at radius 1 is 1.61 bits per heavy atom. The van der Waals surface area contributed by atoms with Gasteiger partial charge in [-0.15, -0.1) is 0 Å². The summed E-state index contributed by atoms with van der Waals surface area (Å²) in [6, 6.07) is 5.35. The van der Waals surface area contributed by atoms with E-state index in [0.717, 1.165) is 5.69 Å². The third-order valence-electron chi connectivity index (χ3n) is 2.89. The number of hydrogen-bond donors (Lipinski definition) is 2. The zero-order chi connectivity index (χ0) is 13.3. The van der Waals surface area contributed by atoms with Crippen molar-refractivity contribution in [1.29, 1.82) is 5.26 Å². The quantitative estimate of drug-likeness (QED) is 0.872. The monoisotopic (exact) mass is 265 g/mol. The van der Waals surface area contributed by atoms with E-state index in [9.17, 15) is 9.90 Å². The molecule has 2 N–H and O–H groups in total. The molecule has 1 aliphatic rings. The minimum atomic E-state index is -1.16. The number of rotatable bonds is 3. The van der Waals surface area contributed by atoms with Gasteiger partial charge in [-0.2, -0.15) is 5.26 Å². The Morgan fingerprint density at radius 3 is 3.00 bits per heavy atom. The lowest BCUT2D eigenvalue weighted by Gasteiger charge is -2.20. The summed E-state index contributed by atoms with van der Waals surface area (Å²) in [7, 11) is 1.82. The second kappa shape index (κ2) is 4.84. The highest BCUT2D eigenvalue weighted by Crippen LogP contribution is 2.38.